The number of hydrazone groups is 1. The van der Waals surface area contributed by atoms with Crippen LogP contribution in [0.15, 0.2) is 35.7 Å². The van der Waals surface area contributed by atoms with E-state index in [0.717, 1.165) is 12.4 Å². The molecule has 0 saturated heterocycles. The number of ether oxygens (including phenoxy) is 3. The summed E-state index contributed by atoms with van der Waals surface area (Å²) >= 11 is 0. The number of hydrogen-bond donors (Lipinski definition) is 1. The van der Waals surface area contributed by atoms with Crippen LogP contribution in [0.3, 0.4) is 0 Å². The Balaban J connectivity index is 1.81. The molecule has 3 heterocycles. The van der Waals surface area contributed by atoms with Crippen molar-refractivity contribution < 1.29 is 27.0 Å². The van der Waals surface area contributed by atoms with Crippen molar-refractivity contribution in [1.82, 2.24) is 29.7 Å². The fourth-order valence-corrected chi connectivity index (χ4v) is 5.17. The van der Waals surface area contributed by atoms with E-state index in [1.165, 1.54) is 32.8 Å². The Morgan fingerprint density at radius 2 is 1.74 bits per heavy atom. The molecule has 4 rings (SSSR count). The van der Waals surface area contributed by atoms with Crippen LogP contribution in [0.1, 0.15) is 38.0 Å². The molecule has 1 aliphatic heterocycles. The Hall–Kier alpha value is -3.85. The molecule has 0 fully saturated rings. The van der Waals surface area contributed by atoms with Crippen LogP contribution in [0.2, 0.25) is 0 Å². The third-order valence-corrected chi connectivity index (χ3v) is 7.94. The molecular weight excluding hydrogens is 519 g/mol. The second kappa shape index (κ2) is 10.9. The molecule has 1 unspecified atom stereocenters. The molecule has 0 bridgehead atoms. The average molecular weight is 549 g/mol. The lowest BCUT2D eigenvalue weighted by Gasteiger charge is -2.22. The monoisotopic (exact) mass is 548 g/mol. The van der Waals surface area contributed by atoms with Crippen molar-refractivity contribution in [3.05, 3.63) is 48.1 Å². The third kappa shape index (κ3) is 5.11. The second-order valence-electron chi connectivity index (χ2n) is 8.64. The van der Waals surface area contributed by atoms with Crippen molar-refractivity contribution in [1.29, 1.82) is 0 Å². The summed E-state index contributed by atoms with van der Waals surface area (Å²) in [4.78, 5) is 7.76. The number of hydrogen-bond acceptors (Lipinski definition) is 11. The number of nitrogens with one attached hydrogen (secondary N) is 1. The van der Waals surface area contributed by atoms with Gasteiger partial charge in [-0.25, -0.2) is 22.8 Å². The first-order chi connectivity index (χ1) is 18.1. The number of aromatic nitrogens is 5. The fourth-order valence-electron chi connectivity index (χ4n) is 4.04. The summed E-state index contributed by atoms with van der Waals surface area (Å²) in [6, 6.07) is 5.26. The Morgan fingerprint density at radius 3 is 2.26 bits per heavy atom. The summed E-state index contributed by atoms with van der Waals surface area (Å²) in [6.07, 6.45) is 1.35. The second-order valence-corrected chi connectivity index (χ2v) is 10.7. The molecule has 1 aliphatic rings. The number of benzene rings is 1. The van der Waals surface area contributed by atoms with E-state index in [2.05, 4.69) is 30.0 Å². The number of anilines is 1. The summed E-state index contributed by atoms with van der Waals surface area (Å²) in [6.45, 7) is 3.43. The van der Waals surface area contributed by atoms with E-state index in [4.69, 9.17) is 14.2 Å². The summed E-state index contributed by atoms with van der Waals surface area (Å²) in [5, 5.41) is 13.6. The van der Waals surface area contributed by atoms with Crippen LogP contribution < -0.4 is 14.2 Å². The van der Waals surface area contributed by atoms with Gasteiger partial charge in [-0.1, -0.05) is 6.07 Å². The van der Waals surface area contributed by atoms with Gasteiger partial charge in [-0.3, -0.25) is 14.3 Å². The normalized spacial score (nSPS) is 17.2. The van der Waals surface area contributed by atoms with Gasteiger partial charge in [0.1, 0.15) is 34.3 Å². The van der Waals surface area contributed by atoms with E-state index in [9.17, 15) is 12.8 Å². The smallest absolute Gasteiger partial charge is 0.243 e. The van der Waals surface area contributed by atoms with Gasteiger partial charge < -0.3 is 14.2 Å². The molecule has 3 atom stereocenters. The molecule has 13 nitrogen and oxygen atoms in total. The Labute approximate surface area is 219 Å². The van der Waals surface area contributed by atoms with Crippen molar-refractivity contribution in [3.63, 3.8) is 0 Å². The first-order valence-corrected chi connectivity index (χ1v) is 13.1. The minimum atomic E-state index is -4.19. The molecule has 204 valence electrons. The Bertz CT molecular complexity index is 1410. The largest absolute Gasteiger partial charge is 0.494 e. The van der Waals surface area contributed by atoms with E-state index >= 15 is 0 Å². The molecule has 1 N–H and O–H groups in total. The third-order valence-electron chi connectivity index (χ3n) is 6.25. The minimum absolute atomic E-state index is 0.0117. The van der Waals surface area contributed by atoms with Crippen molar-refractivity contribution in [2.75, 3.05) is 33.1 Å². The number of sulfonamides is 1. The van der Waals surface area contributed by atoms with Crippen LogP contribution in [0.25, 0.3) is 5.69 Å². The molecule has 38 heavy (non-hydrogen) atoms. The predicted octanol–water partition coefficient (Wildman–Crippen LogP) is 2.16. The number of nitrogens with zero attached hydrogens (tertiary/aromatic N) is 7. The highest BCUT2D eigenvalue weighted by atomic mass is 32.2. The van der Waals surface area contributed by atoms with Crippen molar-refractivity contribution in [3.8, 4) is 17.2 Å². The first-order valence-electron chi connectivity index (χ1n) is 11.6. The van der Waals surface area contributed by atoms with E-state index in [1.54, 1.807) is 23.2 Å². The van der Waals surface area contributed by atoms with Gasteiger partial charge >= 0.3 is 0 Å². The highest BCUT2D eigenvalue weighted by Gasteiger charge is 2.36. The highest BCUT2D eigenvalue weighted by molar-refractivity contribution is 7.93. The summed E-state index contributed by atoms with van der Waals surface area (Å²) < 4.78 is 61.0. The lowest BCUT2D eigenvalue weighted by molar-refractivity contribution is 0.0948. The summed E-state index contributed by atoms with van der Waals surface area (Å²) in [5.74, 6) is 0.353. The predicted molar refractivity (Wildman–Crippen MR) is 137 cm³/mol. The number of halogens is 1. The molecule has 2 aromatic heterocycles. The van der Waals surface area contributed by atoms with E-state index in [1.807, 2.05) is 14.0 Å². The summed E-state index contributed by atoms with van der Waals surface area (Å²) in [7, 11) is 1.95. The van der Waals surface area contributed by atoms with Gasteiger partial charge in [-0.2, -0.15) is 5.10 Å². The maximum Gasteiger partial charge on any atom is 0.243 e. The standard InChI is InChI=1S/C23H29FN8O5S/c1-13-10-16(29-31(13)3)22-27-28-23(32(22)19-17(35-4)8-7-9-18(19)36-5)30-38(33,34)14(2)20(37-6)21-25-11-15(24)12-26-21/h7-9,11-14,20H,10H2,1-6H3,(H,28,30)/t13?,14-,20-/m1/s1. The lowest BCUT2D eigenvalue weighted by atomic mass is 10.1. The van der Waals surface area contributed by atoms with Crippen LogP contribution in [0.5, 0.6) is 11.5 Å². The molecule has 0 spiro atoms. The van der Waals surface area contributed by atoms with E-state index in [-0.39, 0.29) is 17.8 Å². The zero-order chi connectivity index (χ0) is 27.6. The Morgan fingerprint density at radius 1 is 1.11 bits per heavy atom. The first kappa shape index (κ1) is 27.2. The molecule has 15 heteroatoms. The zero-order valence-corrected chi connectivity index (χ0v) is 22.6. The molecule has 0 aliphatic carbocycles. The number of methoxy groups -OCH3 is 3. The summed E-state index contributed by atoms with van der Waals surface area (Å²) in [5.41, 5.74) is 0.992. The van der Waals surface area contributed by atoms with Crippen LogP contribution >= 0.6 is 0 Å². The van der Waals surface area contributed by atoms with Crippen molar-refractivity contribution in [2.24, 2.45) is 5.10 Å². The van der Waals surface area contributed by atoms with Crippen LogP contribution in [-0.4, -0.2) is 83.5 Å². The molecule has 1 aromatic carbocycles. The van der Waals surface area contributed by atoms with Gasteiger partial charge in [0.15, 0.2) is 17.5 Å². The SMILES string of the molecule is COc1cccc(OC)c1-n1c(NS(=O)(=O)[C@H](C)[C@@H](OC)c2ncc(F)cn2)nnc1C1=NN(C)C(C)C1. The fraction of sp³-hybridized carbons (Fsp3) is 0.435. The molecule has 0 amide bonds. The van der Waals surface area contributed by atoms with E-state index < -0.39 is 27.2 Å². The molecule has 0 saturated carbocycles. The number of rotatable bonds is 10. The van der Waals surface area contributed by atoms with Gasteiger partial charge in [0.2, 0.25) is 16.0 Å². The zero-order valence-electron chi connectivity index (χ0n) is 21.8. The molecular formula is C23H29FN8O5S. The van der Waals surface area contributed by atoms with Gasteiger partial charge in [0.05, 0.1) is 26.6 Å². The maximum absolute atomic E-state index is 13.6. The van der Waals surface area contributed by atoms with Gasteiger partial charge in [-0.15, -0.1) is 10.2 Å². The van der Waals surface area contributed by atoms with Gasteiger partial charge in [0.25, 0.3) is 0 Å². The van der Waals surface area contributed by atoms with Gasteiger partial charge in [-0.05, 0) is 26.0 Å². The van der Waals surface area contributed by atoms with Crippen LogP contribution in [-0.2, 0) is 14.8 Å². The van der Waals surface area contributed by atoms with Crippen LogP contribution in [0.4, 0.5) is 10.3 Å². The van der Waals surface area contributed by atoms with Crippen molar-refractivity contribution in [2.45, 2.75) is 37.7 Å². The highest BCUT2D eigenvalue weighted by Crippen LogP contribution is 2.36. The Kier molecular flexibility index (Phi) is 7.78. The quantitative estimate of drug-likeness (QED) is 0.400. The maximum atomic E-state index is 13.6. The van der Waals surface area contributed by atoms with Crippen LogP contribution in [0, 0.1) is 5.82 Å². The number of para-hydroxylation sites is 1. The molecule has 0 radical (unpaired) electrons. The average Bonchev–Trinajstić information content (AvgIpc) is 3.46. The van der Waals surface area contributed by atoms with Crippen molar-refractivity contribution >= 4 is 21.7 Å². The van der Waals surface area contributed by atoms with Gasteiger partial charge in [0, 0.05) is 26.6 Å². The minimum Gasteiger partial charge on any atom is -0.494 e. The topological polar surface area (TPSA) is 146 Å². The molecule has 3 aromatic rings. The van der Waals surface area contributed by atoms with E-state index in [0.29, 0.717) is 35.1 Å². The lowest BCUT2D eigenvalue weighted by Crippen LogP contribution is -2.33.